The minimum atomic E-state index is -0.967. The summed E-state index contributed by atoms with van der Waals surface area (Å²) in [6.07, 6.45) is 0.834. The second-order valence-corrected chi connectivity index (χ2v) is 4.36. The van der Waals surface area contributed by atoms with Crippen LogP contribution < -0.4 is 5.73 Å². The zero-order valence-electron chi connectivity index (χ0n) is 9.48. The summed E-state index contributed by atoms with van der Waals surface area (Å²) in [5, 5.41) is 10.0. The predicted octanol–water partition coefficient (Wildman–Crippen LogP) is 2.73. The molecule has 3 N–H and O–H groups in total. The van der Waals surface area contributed by atoms with Crippen LogP contribution in [0.1, 0.15) is 17.2 Å². The first-order chi connectivity index (χ1) is 8.58. The van der Waals surface area contributed by atoms with Gasteiger partial charge in [-0.2, -0.15) is 0 Å². The van der Waals surface area contributed by atoms with Crippen LogP contribution in [0.5, 0.6) is 0 Å². The van der Waals surface area contributed by atoms with Gasteiger partial charge >= 0.3 is 0 Å². The summed E-state index contributed by atoms with van der Waals surface area (Å²) in [6, 6.07) is 7.92. The number of benzene rings is 1. The minimum absolute atomic E-state index is 0.000734. The van der Waals surface area contributed by atoms with Gasteiger partial charge in [0.2, 0.25) is 0 Å². The summed E-state index contributed by atoms with van der Waals surface area (Å²) in [5.41, 5.74) is 6.50. The van der Waals surface area contributed by atoms with Gasteiger partial charge in [0.25, 0.3) is 0 Å². The van der Waals surface area contributed by atoms with E-state index in [4.69, 9.17) is 17.3 Å². The Balaban J connectivity index is 2.22. The highest BCUT2D eigenvalue weighted by Crippen LogP contribution is 2.25. The quantitative estimate of drug-likeness (QED) is 0.898. The summed E-state index contributed by atoms with van der Waals surface area (Å²) in [5.74, 6) is -0.222. The monoisotopic (exact) mass is 266 g/mol. The third kappa shape index (κ3) is 2.78. The fraction of sp³-hybridized carbons (Fsp3) is 0.154. The van der Waals surface area contributed by atoms with Gasteiger partial charge in [-0.1, -0.05) is 23.7 Å². The third-order valence-corrected chi connectivity index (χ3v) is 2.91. The number of hydrogen-bond donors (Lipinski definition) is 2. The van der Waals surface area contributed by atoms with E-state index < -0.39 is 11.9 Å². The smallest absolute Gasteiger partial charge is 0.147 e. The molecule has 18 heavy (non-hydrogen) atoms. The summed E-state index contributed by atoms with van der Waals surface area (Å²) < 4.78 is 13.7. The molecule has 5 heteroatoms. The molecule has 1 atom stereocenters. The van der Waals surface area contributed by atoms with Gasteiger partial charge in [0.05, 0.1) is 11.1 Å². The second kappa shape index (κ2) is 5.33. The van der Waals surface area contributed by atoms with E-state index in [0.717, 1.165) is 5.56 Å². The molecule has 1 aromatic carbocycles. The van der Waals surface area contributed by atoms with Crippen molar-refractivity contribution in [2.24, 2.45) is 0 Å². The zero-order chi connectivity index (χ0) is 13.1. The van der Waals surface area contributed by atoms with Crippen molar-refractivity contribution in [3.63, 3.8) is 0 Å². The molecular weight excluding hydrogens is 255 g/mol. The van der Waals surface area contributed by atoms with Gasteiger partial charge in [0.1, 0.15) is 11.6 Å². The lowest BCUT2D eigenvalue weighted by Gasteiger charge is -2.12. The Kier molecular flexibility index (Phi) is 3.79. The van der Waals surface area contributed by atoms with Crippen LogP contribution in [0.3, 0.4) is 0 Å². The van der Waals surface area contributed by atoms with Crippen molar-refractivity contribution in [1.29, 1.82) is 0 Å². The number of hydrogen-bond acceptors (Lipinski definition) is 3. The number of rotatable bonds is 3. The van der Waals surface area contributed by atoms with Crippen molar-refractivity contribution in [3.8, 4) is 0 Å². The van der Waals surface area contributed by atoms with E-state index in [9.17, 15) is 9.50 Å². The molecule has 1 unspecified atom stereocenters. The van der Waals surface area contributed by atoms with Crippen LogP contribution >= 0.6 is 11.6 Å². The van der Waals surface area contributed by atoms with E-state index in [2.05, 4.69) is 4.98 Å². The lowest BCUT2D eigenvalue weighted by atomic mass is 10.0. The molecular formula is C13H12ClFN2O. The minimum Gasteiger partial charge on any atom is -0.388 e. The molecule has 0 saturated carbocycles. The van der Waals surface area contributed by atoms with E-state index in [1.54, 1.807) is 24.4 Å². The number of halogens is 2. The van der Waals surface area contributed by atoms with Crippen molar-refractivity contribution < 1.29 is 9.50 Å². The van der Waals surface area contributed by atoms with Crippen molar-refractivity contribution in [2.75, 3.05) is 5.73 Å². The maximum Gasteiger partial charge on any atom is 0.147 e. The molecule has 0 spiro atoms. The Morgan fingerprint density at radius 3 is 2.89 bits per heavy atom. The van der Waals surface area contributed by atoms with Crippen LogP contribution in [0.15, 0.2) is 36.5 Å². The lowest BCUT2D eigenvalue weighted by Crippen LogP contribution is -2.05. The Bertz CT molecular complexity index is 562. The van der Waals surface area contributed by atoms with Gasteiger partial charge in [-0.3, -0.25) is 0 Å². The van der Waals surface area contributed by atoms with E-state index in [1.165, 1.54) is 12.1 Å². The van der Waals surface area contributed by atoms with E-state index >= 15 is 0 Å². The number of nitrogens with zero attached hydrogens (tertiary/aromatic N) is 1. The number of nitrogen functional groups attached to an aromatic ring is 1. The molecule has 0 aliphatic carbocycles. The molecule has 1 aromatic heterocycles. The first-order valence-electron chi connectivity index (χ1n) is 5.40. The van der Waals surface area contributed by atoms with Gasteiger partial charge in [0.15, 0.2) is 0 Å². The fourth-order valence-electron chi connectivity index (χ4n) is 1.73. The molecule has 94 valence electrons. The molecule has 0 amide bonds. The summed E-state index contributed by atoms with van der Waals surface area (Å²) in [6.45, 7) is 0. The van der Waals surface area contributed by atoms with Gasteiger partial charge < -0.3 is 10.8 Å². The Hall–Kier alpha value is -1.65. The SMILES string of the molecule is Nc1cc(CC(O)c2cccc(Cl)c2F)ccn1. The molecule has 0 aliphatic rings. The van der Waals surface area contributed by atoms with E-state index in [1.807, 2.05) is 0 Å². The van der Waals surface area contributed by atoms with E-state index in [0.29, 0.717) is 5.82 Å². The average Bonchev–Trinajstić information content (AvgIpc) is 2.32. The van der Waals surface area contributed by atoms with Crippen LogP contribution in [-0.2, 0) is 6.42 Å². The Labute approximate surface area is 109 Å². The molecule has 0 saturated heterocycles. The standard InChI is InChI=1S/C13H12ClFN2O/c14-10-3-1-2-9(13(10)15)11(18)6-8-4-5-17-12(16)7-8/h1-5,7,11,18H,6H2,(H2,16,17). The number of anilines is 1. The summed E-state index contributed by atoms with van der Waals surface area (Å²) >= 11 is 5.67. The van der Waals surface area contributed by atoms with Crippen LogP contribution in [0.25, 0.3) is 0 Å². The van der Waals surface area contributed by atoms with Crippen LogP contribution in [0, 0.1) is 5.82 Å². The maximum absolute atomic E-state index is 13.7. The number of aliphatic hydroxyl groups is 1. The molecule has 2 rings (SSSR count). The van der Waals surface area contributed by atoms with Crippen LogP contribution in [0.4, 0.5) is 10.2 Å². The van der Waals surface area contributed by atoms with Gasteiger partial charge in [-0.25, -0.2) is 9.37 Å². The normalized spacial score (nSPS) is 12.4. The number of nitrogens with two attached hydrogens (primary N) is 1. The number of aliphatic hydroxyl groups excluding tert-OH is 1. The lowest BCUT2D eigenvalue weighted by molar-refractivity contribution is 0.173. The maximum atomic E-state index is 13.7. The highest BCUT2D eigenvalue weighted by molar-refractivity contribution is 6.30. The van der Waals surface area contributed by atoms with E-state index in [-0.39, 0.29) is 17.0 Å². The van der Waals surface area contributed by atoms with Crippen molar-refractivity contribution in [2.45, 2.75) is 12.5 Å². The molecule has 1 heterocycles. The average molecular weight is 267 g/mol. The highest BCUT2D eigenvalue weighted by Gasteiger charge is 2.15. The number of aromatic nitrogens is 1. The Morgan fingerprint density at radius 1 is 1.39 bits per heavy atom. The van der Waals surface area contributed by atoms with Gasteiger partial charge in [-0.05, 0) is 23.8 Å². The topological polar surface area (TPSA) is 59.1 Å². The zero-order valence-corrected chi connectivity index (χ0v) is 10.2. The molecule has 0 radical (unpaired) electrons. The third-order valence-electron chi connectivity index (χ3n) is 2.62. The van der Waals surface area contributed by atoms with Gasteiger partial charge in [-0.15, -0.1) is 0 Å². The first kappa shape index (κ1) is 12.8. The van der Waals surface area contributed by atoms with Crippen LogP contribution in [-0.4, -0.2) is 10.1 Å². The fourth-order valence-corrected chi connectivity index (χ4v) is 1.91. The van der Waals surface area contributed by atoms with Crippen molar-refractivity contribution in [3.05, 3.63) is 58.5 Å². The first-order valence-corrected chi connectivity index (χ1v) is 5.78. The number of pyridine rings is 1. The van der Waals surface area contributed by atoms with Crippen LogP contribution in [0.2, 0.25) is 5.02 Å². The molecule has 2 aromatic rings. The molecule has 0 aliphatic heterocycles. The Morgan fingerprint density at radius 2 is 2.17 bits per heavy atom. The summed E-state index contributed by atoms with van der Waals surface area (Å²) in [4.78, 5) is 3.85. The van der Waals surface area contributed by atoms with Crippen molar-refractivity contribution in [1.82, 2.24) is 4.98 Å². The molecule has 0 bridgehead atoms. The largest absolute Gasteiger partial charge is 0.388 e. The second-order valence-electron chi connectivity index (χ2n) is 3.95. The predicted molar refractivity (Wildman–Crippen MR) is 68.7 cm³/mol. The molecule has 3 nitrogen and oxygen atoms in total. The highest BCUT2D eigenvalue weighted by atomic mass is 35.5. The van der Waals surface area contributed by atoms with Gasteiger partial charge in [0, 0.05) is 18.2 Å². The van der Waals surface area contributed by atoms with Crippen molar-refractivity contribution >= 4 is 17.4 Å². The summed E-state index contributed by atoms with van der Waals surface area (Å²) in [7, 11) is 0. The molecule has 0 fully saturated rings.